The highest BCUT2D eigenvalue weighted by Gasteiger charge is 2.11. The van der Waals surface area contributed by atoms with Crippen LogP contribution in [-0.4, -0.2) is 29.8 Å². The molecule has 1 N–H and O–H groups in total. The summed E-state index contributed by atoms with van der Waals surface area (Å²) in [5.74, 6) is 1.94. The fourth-order valence-electron chi connectivity index (χ4n) is 2.30. The van der Waals surface area contributed by atoms with E-state index in [0.29, 0.717) is 0 Å². The van der Waals surface area contributed by atoms with Gasteiger partial charge in [0.15, 0.2) is 0 Å². The molecule has 0 aliphatic rings. The predicted molar refractivity (Wildman–Crippen MR) is 83.3 cm³/mol. The van der Waals surface area contributed by atoms with E-state index < -0.39 is 0 Å². The van der Waals surface area contributed by atoms with Crippen LogP contribution < -0.4 is 10.1 Å². The number of fused-ring (bicyclic) bond motifs is 1. The monoisotopic (exact) mass is 273 g/mol. The van der Waals surface area contributed by atoms with Gasteiger partial charge in [-0.25, -0.2) is 4.98 Å². The fraction of sp³-hybridized carbons (Fsp3) is 0.438. The first-order chi connectivity index (χ1) is 9.65. The molecule has 4 heteroatoms. The molecule has 0 amide bonds. The number of rotatable bonds is 7. The summed E-state index contributed by atoms with van der Waals surface area (Å²) in [6.45, 7) is 10.9. The van der Waals surface area contributed by atoms with Gasteiger partial charge in [-0.05, 0) is 25.6 Å². The van der Waals surface area contributed by atoms with Gasteiger partial charge in [-0.15, -0.1) is 0 Å². The van der Waals surface area contributed by atoms with Crippen molar-refractivity contribution in [3.05, 3.63) is 36.2 Å². The molecule has 0 aliphatic carbocycles. The van der Waals surface area contributed by atoms with Gasteiger partial charge < -0.3 is 14.6 Å². The summed E-state index contributed by atoms with van der Waals surface area (Å²) in [4.78, 5) is 4.75. The summed E-state index contributed by atoms with van der Waals surface area (Å²) in [7, 11) is 1.68. The van der Waals surface area contributed by atoms with Crippen LogP contribution in [0.15, 0.2) is 30.4 Å². The molecule has 0 fully saturated rings. The maximum absolute atomic E-state index is 5.27. The molecule has 20 heavy (non-hydrogen) atoms. The number of nitrogens with one attached hydrogen (secondary N) is 1. The van der Waals surface area contributed by atoms with E-state index in [9.17, 15) is 0 Å². The molecular formula is C16H23N3O. The van der Waals surface area contributed by atoms with Crippen LogP contribution in [0.3, 0.4) is 0 Å². The largest absolute Gasteiger partial charge is 0.497 e. The standard InChI is InChI=1S/C16H23N3O/c1-5-17-9-8-16-18-14-10-13(20-4)6-7-15(14)19(16)11-12(2)3/h6-7,10,17H,2,5,8-9,11H2,1,3-4H3. The van der Waals surface area contributed by atoms with Gasteiger partial charge in [-0.3, -0.25) is 0 Å². The summed E-state index contributed by atoms with van der Waals surface area (Å²) >= 11 is 0. The lowest BCUT2D eigenvalue weighted by Gasteiger charge is -2.09. The van der Waals surface area contributed by atoms with Crippen molar-refractivity contribution in [3.63, 3.8) is 0 Å². The summed E-state index contributed by atoms with van der Waals surface area (Å²) in [6.07, 6.45) is 0.915. The van der Waals surface area contributed by atoms with E-state index >= 15 is 0 Å². The number of methoxy groups -OCH3 is 1. The first-order valence-corrected chi connectivity index (χ1v) is 7.04. The Hall–Kier alpha value is -1.81. The lowest BCUT2D eigenvalue weighted by atomic mass is 10.2. The van der Waals surface area contributed by atoms with Crippen molar-refractivity contribution in [2.24, 2.45) is 0 Å². The molecule has 0 bridgehead atoms. The van der Waals surface area contributed by atoms with Crippen molar-refractivity contribution < 1.29 is 4.74 Å². The third-order valence-corrected chi connectivity index (χ3v) is 3.24. The highest BCUT2D eigenvalue weighted by Crippen LogP contribution is 2.22. The average Bonchev–Trinajstić information content (AvgIpc) is 2.76. The molecule has 0 atom stereocenters. The van der Waals surface area contributed by atoms with Crippen LogP contribution in [0.5, 0.6) is 5.75 Å². The maximum atomic E-state index is 5.27. The SMILES string of the molecule is C=C(C)Cn1c(CCNCC)nc2cc(OC)ccc21. The quantitative estimate of drug-likeness (QED) is 0.623. The smallest absolute Gasteiger partial charge is 0.121 e. The topological polar surface area (TPSA) is 39.1 Å². The van der Waals surface area contributed by atoms with Gasteiger partial charge in [-0.1, -0.05) is 19.1 Å². The Kier molecular flexibility index (Phi) is 4.79. The van der Waals surface area contributed by atoms with Crippen LogP contribution in [0.2, 0.25) is 0 Å². The van der Waals surface area contributed by atoms with Crippen LogP contribution in [0.4, 0.5) is 0 Å². The number of ether oxygens (including phenoxy) is 1. The Labute approximate surface area is 120 Å². The molecule has 2 rings (SSSR count). The molecule has 108 valence electrons. The van der Waals surface area contributed by atoms with Crippen molar-refractivity contribution in [2.75, 3.05) is 20.2 Å². The number of hydrogen-bond donors (Lipinski definition) is 1. The number of likely N-dealkylation sites (N-methyl/N-ethyl adjacent to an activating group) is 1. The molecule has 4 nitrogen and oxygen atoms in total. The molecule has 0 radical (unpaired) electrons. The highest BCUT2D eigenvalue weighted by molar-refractivity contribution is 5.78. The fourth-order valence-corrected chi connectivity index (χ4v) is 2.30. The number of allylic oxidation sites excluding steroid dienone is 1. The number of imidazole rings is 1. The van der Waals surface area contributed by atoms with Crippen molar-refractivity contribution in [3.8, 4) is 5.75 Å². The van der Waals surface area contributed by atoms with Gasteiger partial charge in [-0.2, -0.15) is 0 Å². The molecule has 0 saturated carbocycles. The van der Waals surface area contributed by atoms with Gasteiger partial charge in [0.25, 0.3) is 0 Å². The van der Waals surface area contributed by atoms with E-state index in [2.05, 4.69) is 29.5 Å². The highest BCUT2D eigenvalue weighted by atomic mass is 16.5. The lowest BCUT2D eigenvalue weighted by Crippen LogP contribution is -2.18. The Bertz CT molecular complexity index is 601. The summed E-state index contributed by atoms with van der Waals surface area (Å²) in [5, 5.41) is 3.34. The second-order valence-electron chi connectivity index (χ2n) is 5.03. The van der Waals surface area contributed by atoms with Gasteiger partial charge in [0, 0.05) is 25.6 Å². The zero-order valence-electron chi connectivity index (χ0n) is 12.6. The van der Waals surface area contributed by atoms with E-state index in [1.807, 2.05) is 19.1 Å². The Morgan fingerprint density at radius 1 is 1.45 bits per heavy atom. The molecule has 0 aliphatic heterocycles. The lowest BCUT2D eigenvalue weighted by molar-refractivity contribution is 0.415. The van der Waals surface area contributed by atoms with Crippen LogP contribution in [-0.2, 0) is 13.0 Å². The summed E-state index contributed by atoms with van der Waals surface area (Å²) in [5.41, 5.74) is 3.25. The molecule has 1 aromatic heterocycles. The number of nitrogens with zero attached hydrogens (tertiary/aromatic N) is 2. The first kappa shape index (κ1) is 14.6. The average molecular weight is 273 g/mol. The predicted octanol–water partition coefficient (Wildman–Crippen LogP) is 2.77. The Morgan fingerprint density at radius 3 is 2.90 bits per heavy atom. The number of hydrogen-bond acceptors (Lipinski definition) is 3. The van der Waals surface area contributed by atoms with Crippen molar-refractivity contribution in [1.82, 2.24) is 14.9 Å². The minimum absolute atomic E-state index is 0.810. The van der Waals surface area contributed by atoms with Gasteiger partial charge >= 0.3 is 0 Å². The van der Waals surface area contributed by atoms with E-state index in [4.69, 9.17) is 9.72 Å². The van der Waals surface area contributed by atoms with Crippen LogP contribution in [0.25, 0.3) is 11.0 Å². The third kappa shape index (κ3) is 3.20. The Balaban J connectivity index is 2.39. The van der Waals surface area contributed by atoms with Gasteiger partial charge in [0.2, 0.25) is 0 Å². The van der Waals surface area contributed by atoms with Crippen LogP contribution in [0, 0.1) is 0 Å². The zero-order valence-corrected chi connectivity index (χ0v) is 12.6. The van der Waals surface area contributed by atoms with Crippen LogP contribution >= 0.6 is 0 Å². The van der Waals surface area contributed by atoms with Crippen molar-refractivity contribution in [2.45, 2.75) is 26.8 Å². The first-order valence-electron chi connectivity index (χ1n) is 7.04. The molecule has 0 saturated heterocycles. The molecule has 0 spiro atoms. The minimum atomic E-state index is 0.810. The van der Waals surface area contributed by atoms with Gasteiger partial charge in [0.1, 0.15) is 11.6 Å². The van der Waals surface area contributed by atoms with E-state index in [1.165, 1.54) is 0 Å². The number of benzene rings is 1. The molecule has 2 aromatic rings. The van der Waals surface area contributed by atoms with E-state index in [1.54, 1.807) is 7.11 Å². The van der Waals surface area contributed by atoms with Crippen LogP contribution in [0.1, 0.15) is 19.7 Å². The summed E-state index contributed by atoms with van der Waals surface area (Å²) < 4.78 is 7.52. The van der Waals surface area contributed by atoms with Gasteiger partial charge in [0.05, 0.1) is 18.1 Å². The van der Waals surface area contributed by atoms with E-state index in [0.717, 1.165) is 54.2 Å². The summed E-state index contributed by atoms with van der Waals surface area (Å²) in [6, 6.07) is 6.04. The minimum Gasteiger partial charge on any atom is -0.497 e. The maximum Gasteiger partial charge on any atom is 0.121 e. The third-order valence-electron chi connectivity index (χ3n) is 3.24. The number of aromatic nitrogens is 2. The zero-order chi connectivity index (χ0) is 14.5. The van der Waals surface area contributed by atoms with Crippen molar-refractivity contribution in [1.29, 1.82) is 0 Å². The van der Waals surface area contributed by atoms with E-state index in [-0.39, 0.29) is 0 Å². The Morgan fingerprint density at radius 2 is 2.25 bits per heavy atom. The molecule has 0 unspecified atom stereocenters. The van der Waals surface area contributed by atoms with Crippen molar-refractivity contribution >= 4 is 11.0 Å². The second-order valence-corrected chi connectivity index (χ2v) is 5.03. The molecule has 1 heterocycles. The normalized spacial score (nSPS) is 10.9. The molecule has 1 aromatic carbocycles. The second kappa shape index (κ2) is 6.57. The molecular weight excluding hydrogens is 250 g/mol.